The van der Waals surface area contributed by atoms with Gasteiger partial charge in [0.1, 0.15) is 29.5 Å². The number of likely N-dealkylation sites (tertiary alicyclic amines) is 2. The van der Waals surface area contributed by atoms with E-state index in [1.54, 1.807) is 12.3 Å². The highest BCUT2D eigenvalue weighted by Gasteiger charge is 2.56. The second-order valence-electron chi connectivity index (χ2n) is 18.3. The Morgan fingerprint density at radius 2 is 1.59 bits per heavy atom. The molecule has 16 heteroatoms. The normalized spacial score (nSPS) is 25.0. The number of nitrogens with one attached hydrogen (secondary N) is 4. The molecule has 3 saturated heterocycles. The minimum Gasteiger partial charge on any atom is -0.453 e. The van der Waals surface area contributed by atoms with Gasteiger partial charge < -0.3 is 44.6 Å². The molecule has 1 unspecified atom stereocenters. The lowest BCUT2D eigenvalue weighted by atomic mass is 9.89. The van der Waals surface area contributed by atoms with Crippen LogP contribution in [-0.4, -0.2) is 105 Å². The lowest BCUT2D eigenvalue weighted by molar-refractivity contribution is -0.140. The number of hydrogen-bond acceptors (Lipinski definition) is 9. The highest BCUT2D eigenvalue weighted by Crippen LogP contribution is 2.54. The molecular weight excluding hydrogens is 808 g/mol. The summed E-state index contributed by atoms with van der Waals surface area (Å²) in [6.07, 6.45) is 6.12. The van der Waals surface area contributed by atoms with Crippen molar-refractivity contribution < 1.29 is 37.8 Å². The van der Waals surface area contributed by atoms with Crippen LogP contribution in [-0.2, 0) is 23.8 Å². The number of carbonyl (C=O) groups excluding carboxylic acids is 4. The molecule has 5 aromatic rings. The van der Waals surface area contributed by atoms with Gasteiger partial charge >= 0.3 is 12.2 Å². The number of piperidine rings is 2. The fourth-order valence-corrected chi connectivity index (χ4v) is 11.0. The van der Waals surface area contributed by atoms with E-state index >= 15 is 4.39 Å². The van der Waals surface area contributed by atoms with Gasteiger partial charge in [-0.3, -0.25) is 9.59 Å². The van der Waals surface area contributed by atoms with E-state index in [1.165, 1.54) is 20.3 Å². The average Bonchev–Trinajstić information content (AvgIpc) is 3.91. The van der Waals surface area contributed by atoms with Crippen molar-refractivity contribution in [1.82, 2.24) is 40.4 Å². The molecule has 63 heavy (non-hydrogen) atoms. The van der Waals surface area contributed by atoms with Crippen LogP contribution < -0.4 is 10.6 Å². The maximum atomic E-state index is 16.2. The van der Waals surface area contributed by atoms with Gasteiger partial charge in [0.05, 0.1) is 49.2 Å². The third-order valence-electron chi connectivity index (χ3n) is 14.3. The lowest BCUT2D eigenvalue weighted by Gasteiger charge is -2.39. The minimum atomic E-state index is -0.743. The summed E-state index contributed by atoms with van der Waals surface area (Å²) in [5.74, 6) is 1.05. The number of benzene rings is 3. The summed E-state index contributed by atoms with van der Waals surface area (Å²) >= 11 is 0. The molecule has 5 fully saturated rings. The third-order valence-corrected chi connectivity index (χ3v) is 14.3. The maximum Gasteiger partial charge on any atom is 0.407 e. The number of methoxy groups -OCH3 is 2. The Hall–Kier alpha value is -6.03. The molecule has 330 valence electrons. The Labute approximate surface area is 363 Å². The highest BCUT2D eigenvalue weighted by atomic mass is 19.1. The van der Waals surface area contributed by atoms with Gasteiger partial charge in [0.2, 0.25) is 11.8 Å². The number of amides is 4. The fraction of sp³-hybridized carbons (Fsp3) is 0.489. The van der Waals surface area contributed by atoms with Crippen molar-refractivity contribution in [1.29, 1.82) is 0 Å². The highest BCUT2D eigenvalue weighted by molar-refractivity contribution is 6.05. The Morgan fingerprint density at radius 1 is 0.825 bits per heavy atom. The number of alkyl carbamates (subject to hydrolysis) is 2. The van der Waals surface area contributed by atoms with E-state index in [-0.39, 0.29) is 53.7 Å². The SMILES string of the molecule is COC(=O)NC(C(=O)N1[C@@H]2CC[C@@H](C2)[C@H]1c1ncc(-c2ccc(-c3ccc4c(ccc5[nH]c([C@@H]6C[C@H]7C[C@H]7N6C(=O)[C@@H](NC(=O)OC)C(C)C)nc54)c3)cc2F)[nH]1)C1CCOCC1. The molecule has 8 atom stereocenters. The van der Waals surface area contributed by atoms with E-state index in [4.69, 9.17) is 24.2 Å². The van der Waals surface area contributed by atoms with E-state index in [0.717, 1.165) is 65.3 Å². The zero-order chi connectivity index (χ0) is 43.7. The van der Waals surface area contributed by atoms with Crippen molar-refractivity contribution in [3.05, 3.63) is 72.2 Å². The number of halogens is 1. The summed E-state index contributed by atoms with van der Waals surface area (Å²) in [7, 11) is 2.59. The molecule has 2 bridgehead atoms. The first kappa shape index (κ1) is 41.0. The summed E-state index contributed by atoms with van der Waals surface area (Å²) in [6.45, 7) is 4.87. The molecule has 3 aromatic carbocycles. The molecule has 5 heterocycles. The first-order chi connectivity index (χ1) is 30.5. The van der Waals surface area contributed by atoms with Gasteiger partial charge in [-0.25, -0.2) is 23.9 Å². The van der Waals surface area contributed by atoms with Gasteiger partial charge in [-0.15, -0.1) is 0 Å². The Kier molecular flexibility index (Phi) is 10.6. The Balaban J connectivity index is 0.881. The molecule has 10 rings (SSSR count). The molecule has 5 aliphatic rings. The quantitative estimate of drug-likeness (QED) is 0.113. The largest absolute Gasteiger partial charge is 0.453 e. The van der Waals surface area contributed by atoms with Gasteiger partial charge in [-0.05, 0) is 109 Å². The van der Waals surface area contributed by atoms with Crippen molar-refractivity contribution >= 4 is 45.8 Å². The molecule has 2 aromatic heterocycles. The molecule has 0 radical (unpaired) electrons. The lowest BCUT2D eigenvalue weighted by Crippen LogP contribution is -2.55. The van der Waals surface area contributed by atoms with E-state index < -0.39 is 30.1 Å². The average molecular weight is 861 g/mol. The molecule has 3 aliphatic heterocycles. The van der Waals surface area contributed by atoms with Gasteiger partial charge in [0.25, 0.3) is 0 Å². The van der Waals surface area contributed by atoms with Crippen LogP contribution in [0.25, 0.3) is 44.2 Å². The van der Waals surface area contributed by atoms with Crippen LogP contribution in [0.3, 0.4) is 0 Å². The fourth-order valence-electron chi connectivity index (χ4n) is 11.0. The number of H-pyrrole nitrogens is 2. The van der Waals surface area contributed by atoms with Gasteiger partial charge in [0, 0.05) is 36.2 Å². The molecule has 4 N–H and O–H groups in total. The Bertz CT molecular complexity index is 2600. The number of carbonyl (C=O) groups is 4. The van der Waals surface area contributed by atoms with Crippen molar-refractivity contribution in [2.24, 2.45) is 23.7 Å². The number of aromatic nitrogens is 4. The number of aromatic amines is 2. The molecule has 15 nitrogen and oxygen atoms in total. The van der Waals surface area contributed by atoms with Crippen LogP contribution in [0.2, 0.25) is 0 Å². The molecular formula is C47H53FN8O7. The summed E-state index contributed by atoms with van der Waals surface area (Å²) in [4.78, 5) is 73.4. The molecule has 0 spiro atoms. The van der Waals surface area contributed by atoms with Crippen molar-refractivity contribution in [3.8, 4) is 22.4 Å². The zero-order valence-electron chi connectivity index (χ0n) is 35.9. The van der Waals surface area contributed by atoms with Crippen LogP contribution in [0.4, 0.5) is 14.0 Å². The number of ether oxygens (including phenoxy) is 3. The Morgan fingerprint density at radius 3 is 2.35 bits per heavy atom. The second-order valence-corrected chi connectivity index (χ2v) is 18.3. The van der Waals surface area contributed by atoms with E-state index in [1.807, 2.05) is 60.0 Å². The first-order valence-corrected chi connectivity index (χ1v) is 22.2. The monoisotopic (exact) mass is 860 g/mol. The number of imidazole rings is 2. The first-order valence-electron chi connectivity index (χ1n) is 22.2. The van der Waals surface area contributed by atoms with E-state index in [9.17, 15) is 19.2 Å². The van der Waals surface area contributed by atoms with Crippen LogP contribution in [0.15, 0.2) is 54.7 Å². The van der Waals surface area contributed by atoms with Gasteiger partial charge in [-0.2, -0.15) is 0 Å². The smallest absolute Gasteiger partial charge is 0.407 e. The topological polar surface area (TPSA) is 184 Å². The minimum absolute atomic E-state index is 0.0339. The van der Waals surface area contributed by atoms with E-state index in [0.29, 0.717) is 54.6 Å². The van der Waals surface area contributed by atoms with Gasteiger partial charge in [-0.1, -0.05) is 38.1 Å². The maximum absolute atomic E-state index is 16.2. The predicted molar refractivity (Wildman–Crippen MR) is 230 cm³/mol. The van der Waals surface area contributed by atoms with Gasteiger partial charge in [0.15, 0.2) is 0 Å². The standard InChI is InChI=1S/C47H53FN8O7/c1-23(2)38(53-46(59)61-3)44(57)56-36-20-29(36)21-37(56)42-50-34-12-8-27-17-25(6-10-31(27)40(34)52-42)26-7-11-32(33(48)19-26)35-22-49-43(51-35)41-28-5-9-30(18-28)55(41)45(58)39(54-47(60)62-4)24-13-15-63-16-14-24/h6-8,10-12,17,19,22-24,28-30,36-39,41H,5,9,13-16,18,20-21H2,1-4H3,(H,49,51)(H,50,52)(H,53,59)(H,54,60)/t28-,29+,30+,36+,37-,38-,39?,41-/m0/s1. The number of fused-ring (bicyclic) bond motifs is 6. The summed E-state index contributed by atoms with van der Waals surface area (Å²) in [6, 6.07) is 13.3. The summed E-state index contributed by atoms with van der Waals surface area (Å²) in [5, 5.41) is 7.44. The third kappa shape index (κ3) is 7.35. The van der Waals surface area contributed by atoms with Crippen LogP contribution in [0.1, 0.15) is 82.5 Å². The van der Waals surface area contributed by atoms with Crippen molar-refractivity contribution in [3.63, 3.8) is 0 Å². The summed E-state index contributed by atoms with van der Waals surface area (Å²) in [5.41, 5.74) is 4.09. The molecule has 2 saturated carbocycles. The molecule has 4 amide bonds. The van der Waals surface area contributed by atoms with E-state index in [2.05, 4.69) is 20.6 Å². The van der Waals surface area contributed by atoms with Crippen LogP contribution in [0.5, 0.6) is 0 Å². The van der Waals surface area contributed by atoms with Crippen LogP contribution >= 0.6 is 0 Å². The zero-order valence-corrected chi connectivity index (χ0v) is 35.9. The predicted octanol–water partition coefficient (Wildman–Crippen LogP) is 7.16. The number of nitrogens with zero attached hydrogens (tertiary/aromatic N) is 4. The number of hydrogen-bond donors (Lipinski definition) is 4. The molecule has 2 aliphatic carbocycles. The number of rotatable bonds is 10. The summed E-state index contributed by atoms with van der Waals surface area (Å²) < 4.78 is 31.4. The second kappa shape index (κ2) is 16.3. The van der Waals surface area contributed by atoms with Crippen LogP contribution in [0, 0.1) is 29.5 Å². The van der Waals surface area contributed by atoms with Crippen molar-refractivity contribution in [2.75, 3.05) is 27.4 Å². The van der Waals surface area contributed by atoms with Crippen molar-refractivity contribution in [2.45, 2.75) is 95.0 Å².